The van der Waals surface area contributed by atoms with E-state index in [1.54, 1.807) is 31.4 Å². The van der Waals surface area contributed by atoms with Gasteiger partial charge in [0.05, 0.1) is 13.7 Å². The molecular formula is C18H22N2O4. The van der Waals surface area contributed by atoms with Crippen LogP contribution in [0.1, 0.15) is 32.1 Å². The Kier molecular flexibility index (Phi) is 4.74. The highest BCUT2D eigenvalue weighted by atomic mass is 16.5. The van der Waals surface area contributed by atoms with Gasteiger partial charge in [0.25, 0.3) is 11.8 Å². The molecule has 2 aliphatic rings. The molecule has 1 aromatic carbocycles. The first-order chi connectivity index (χ1) is 11.6. The van der Waals surface area contributed by atoms with E-state index in [0.29, 0.717) is 11.4 Å². The summed E-state index contributed by atoms with van der Waals surface area (Å²) in [6.07, 6.45) is 5.21. The number of nitrogens with zero attached hydrogens (tertiary/aromatic N) is 1. The maximum atomic E-state index is 12.6. The van der Waals surface area contributed by atoms with Crippen LogP contribution in [0.15, 0.2) is 35.6 Å². The number of anilines is 1. The third-order valence-electron chi connectivity index (χ3n) is 4.61. The highest BCUT2D eigenvalue weighted by Gasteiger charge is 2.36. The number of rotatable bonds is 4. The molecule has 0 unspecified atom stereocenters. The molecule has 3 rings (SSSR count). The number of methoxy groups -OCH3 is 1. The van der Waals surface area contributed by atoms with Gasteiger partial charge >= 0.3 is 0 Å². The second-order valence-corrected chi connectivity index (χ2v) is 6.22. The molecule has 0 aromatic heterocycles. The molecule has 0 spiro atoms. The predicted molar refractivity (Wildman–Crippen MR) is 90.0 cm³/mol. The fraction of sp³-hybridized carbons (Fsp3) is 0.444. The second-order valence-electron chi connectivity index (χ2n) is 6.22. The minimum absolute atomic E-state index is 0.0125. The first-order valence-corrected chi connectivity index (χ1v) is 8.29. The fourth-order valence-electron chi connectivity index (χ4n) is 3.26. The average molecular weight is 330 g/mol. The van der Waals surface area contributed by atoms with E-state index in [9.17, 15) is 14.7 Å². The van der Waals surface area contributed by atoms with Crippen LogP contribution < -0.4 is 15.0 Å². The summed E-state index contributed by atoms with van der Waals surface area (Å²) in [7, 11) is 1.57. The Morgan fingerprint density at radius 1 is 1.21 bits per heavy atom. The molecule has 6 heteroatoms. The monoisotopic (exact) mass is 330 g/mol. The number of carbonyl (C=O) groups is 2. The highest BCUT2D eigenvalue weighted by Crippen LogP contribution is 2.27. The Morgan fingerprint density at radius 3 is 2.50 bits per heavy atom. The molecule has 1 aliphatic heterocycles. The smallest absolute Gasteiger partial charge is 0.267 e. The minimum atomic E-state index is -0.472. The van der Waals surface area contributed by atoms with Crippen molar-refractivity contribution in [1.82, 2.24) is 5.32 Å². The van der Waals surface area contributed by atoms with Crippen LogP contribution in [0.25, 0.3) is 0 Å². The van der Waals surface area contributed by atoms with Crippen LogP contribution in [0.2, 0.25) is 0 Å². The maximum Gasteiger partial charge on any atom is 0.267 e. The summed E-state index contributed by atoms with van der Waals surface area (Å²) in [5.74, 6) is -0.437. The lowest BCUT2D eigenvalue weighted by Gasteiger charge is -2.23. The lowest BCUT2D eigenvalue weighted by atomic mass is 9.95. The molecule has 1 aliphatic carbocycles. The minimum Gasteiger partial charge on any atom is -0.509 e. The average Bonchev–Trinajstić information content (AvgIpc) is 2.90. The molecule has 2 N–H and O–H groups in total. The number of aliphatic hydroxyl groups is 1. The van der Waals surface area contributed by atoms with E-state index in [0.717, 1.165) is 25.7 Å². The van der Waals surface area contributed by atoms with Gasteiger partial charge < -0.3 is 20.1 Å². The quantitative estimate of drug-likeness (QED) is 0.830. The molecule has 0 bridgehead atoms. The molecule has 1 heterocycles. The van der Waals surface area contributed by atoms with Crippen molar-refractivity contribution in [3.05, 3.63) is 35.6 Å². The van der Waals surface area contributed by atoms with Crippen molar-refractivity contribution in [2.24, 2.45) is 0 Å². The van der Waals surface area contributed by atoms with Gasteiger partial charge in [-0.3, -0.25) is 9.59 Å². The lowest BCUT2D eigenvalue weighted by molar-refractivity contribution is -0.122. The molecule has 128 valence electrons. The zero-order valence-corrected chi connectivity index (χ0v) is 13.7. The molecule has 0 saturated heterocycles. The van der Waals surface area contributed by atoms with Crippen molar-refractivity contribution in [2.75, 3.05) is 18.6 Å². The molecule has 0 atom stereocenters. The summed E-state index contributed by atoms with van der Waals surface area (Å²) in [5.41, 5.74) is 0.476. The van der Waals surface area contributed by atoms with Crippen LogP contribution in [0.5, 0.6) is 5.75 Å². The maximum absolute atomic E-state index is 12.6. The van der Waals surface area contributed by atoms with E-state index in [4.69, 9.17) is 4.74 Å². The van der Waals surface area contributed by atoms with Crippen molar-refractivity contribution in [3.8, 4) is 5.75 Å². The third kappa shape index (κ3) is 3.22. The summed E-state index contributed by atoms with van der Waals surface area (Å²) in [6, 6.07) is 7.02. The molecule has 24 heavy (non-hydrogen) atoms. The molecule has 2 amide bonds. The second kappa shape index (κ2) is 6.95. The van der Waals surface area contributed by atoms with Crippen LogP contribution in [-0.4, -0.2) is 36.6 Å². The molecule has 1 aromatic rings. The van der Waals surface area contributed by atoms with Gasteiger partial charge in [-0.05, 0) is 37.1 Å². The van der Waals surface area contributed by atoms with Gasteiger partial charge in [-0.1, -0.05) is 19.3 Å². The zero-order valence-electron chi connectivity index (χ0n) is 13.7. The largest absolute Gasteiger partial charge is 0.509 e. The normalized spacial score (nSPS) is 18.9. The van der Waals surface area contributed by atoms with Crippen molar-refractivity contribution in [3.63, 3.8) is 0 Å². The number of ether oxygens (including phenoxy) is 1. The van der Waals surface area contributed by atoms with E-state index in [2.05, 4.69) is 5.32 Å². The first-order valence-electron chi connectivity index (χ1n) is 8.29. The number of benzene rings is 1. The van der Waals surface area contributed by atoms with Gasteiger partial charge in [-0.15, -0.1) is 0 Å². The van der Waals surface area contributed by atoms with Crippen LogP contribution >= 0.6 is 0 Å². The topological polar surface area (TPSA) is 78.9 Å². The van der Waals surface area contributed by atoms with Crippen molar-refractivity contribution < 1.29 is 19.4 Å². The van der Waals surface area contributed by atoms with Crippen molar-refractivity contribution >= 4 is 17.5 Å². The number of hydrogen-bond acceptors (Lipinski definition) is 4. The Hall–Kier alpha value is -2.50. The number of hydrogen-bond donors (Lipinski definition) is 2. The summed E-state index contributed by atoms with van der Waals surface area (Å²) < 4.78 is 5.10. The zero-order chi connectivity index (χ0) is 17.1. The Balaban J connectivity index is 1.71. The van der Waals surface area contributed by atoms with Crippen molar-refractivity contribution in [1.29, 1.82) is 0 Å². The van der Waals surface area contributed by atoms with E-state index in [1.165, 1.54) is 11.3 Å². The van der Waals surface area contributed by atoms with Crippen LogP contribution in [-0.2, 0) is 9.59 Å². The van der Waals surface area contributed by atoms with Gasteiger partial charge in [0.15, 0.2) is 0 Å². The van der Waals surface area contributed by atoms with Gasteiger partial charge in [0.1, 0.15) is 17.1 Å². The molecule has 1 saturated carbocycles. The van der Waals surface area contributed by atoms with Crippen LogP contribution in [0.3, 0.4) is 0 Å². The molecule has 1 fully saturated rings. The number of aliphatic hydroxyl groups excluding tert-OH is 1. The van der Waals surface area contributed by atoms with Crippen LogP contribution in [0.4, 0.5) is 5.69 Å². The third-order valence-corrected chi connectivity index (χ3v) is 4.61. The number of amides is 2. The van der Waals surface area contributed by atoms with Gasteiger partial charge in [-0.2, -0.15) is 0 Å². The lowest BCUT2D eigenvalue weighted by Crippen LogP contribution is -2.39. The predicted octanol–water partition coefficient (Wildman–Crippen LogP) is 2.30. The van der Waals surface area contributed by atoms with E-state index >= 15 is 0 Å². The fourth-order valence-corrected chi connectivity index (χ4v) is 3.26. The molecular weight excluding hydrogens is 308 g/mol. The van der Waals surface area contributed by atoms with E-state index < -0.39 is 11.8 Å². The first kappa shape index (κ1) is 16.4. The molecule has 6 nitrogen and oxygen atoms in total. The van der Waals surface area contributed by atoms with Crippen LogP contribution in [0, 0.1) is 0 Å². The number of nitrogens with one attached hydrogen (secondary N) is 1. The standard InChI is InChI=1S/C18H22N2O4/c1-24-14-9-7-13(8-10-14)20-11-15(21)16(18(20)23)17(22)19-12-5-3-2-4-6-12/h7-10,12,21H,2-6,11H2,1H3,(H,19,22). The van der Waals surface area contributed by atoms with Gasteiger partial charge in [0.2, 0.25) is 0 Å². The summed E-state index contributed by atoms with van der Waals surface area (Å²) in [4.78, 5) is 26.4. The van der Waals surface area contributed by atoms with E-state index in [-0.39, 0.29) is 23.9 Å². The molecule has 0 radical (unpaired) electrons. The Morgan fingerprint density at radius 2 is 1.88 bits per heavy atom. The van der Waals surface area contributed by atoms with Gasteiger partial charge in [0, 0.05) is 11.7 Å². The highest BCUT2D eigenvalue weighted by molar-refractivity contribution is 6.26. The summed E-state index contributed by atoms with van der Waals surface area (Å²) in [5, 5.41) is 13.0. The number of carbonyl (C=O) groups excluding carboxylic acids is 2. The summed E-state index contributed by atoms with van der Waals surface area (Å²) >= 11 is 0. The van der Waals surface area contributed by atoms with Gasteiger partial charge in [-0.25, -0.2) is 0 Å². The SMILES string of the molecule is COc1ccc(N2CC(O)=C(C(=O)NC3CCCCC3)C2=O)cc1. The Labute approximate surface area is 141 Å². The summed E-state index contributed by atoms with van der Waals surface area (Å²) in [6.45, 7) is 0.0125. The van der Waals surface area contributed by atoms with E-state index in [1.807, 2.05) is 0 Å². The van der Waals surface area contributed by atoms with Crippen molar-refractivity contribution in [2.45, 2.75) is 38.1 Å². The Bertz CT molecular complexity index is 660.